The molecule has 0 radical (unpaired) electrons. The molecule has 0 aromatic heterocycles. The minimum Gasteiger partial charge on any atom is -0.495 e. The highest BCUT2D eigenvalue weighted by molar-refractivity contribution is 7.89. The highest BCUT2D eigenvalue weighted by Gasteiger charge is 2.34. The second-order valence-electron chi connectivity index (χ2n) is 4.84. The van der Waals surface area contributed by atoms with Crippen molar-refractivity contribution in [3.63, 3.8) is 0 Å². The van der Waals surface area contributed by atoms with Crippen molar-refractivity contribution < 1.29 is 13.2 Å². The van der Waals surface area contributed by atoms with E-state index in [1.165, 1.54) is 17.5 Å². The topological polar surface area (TPSA) is 46.6 Å². The van der Waals surface area contributed by atoms with Crippen LogP contribution in [0.4, 0.5) is 0 Å². The number of halogens is 2. The van der Waals surface area contributed by atoms with Crippen LogP contribution >= 0.6 is 23.2 Å². The molecule has 0 N–H and O–H groups in total. The summed E-state index contributed by atoms with van der Waals surface area (Å²) in [6, 6.07) is 3.10. The summed E-state index contributed by atoms with van der Waals surface area (Å²) in [5.41, 5.74) is 0.572. The third-order valence-corrected chi connectivity index (χ3v) is 6.11. The SMILES string of the molecule is COc1c(CCl)cc(Cl)cc1S(=O)(=O)N(C)C1CCC1. The number of ether oxygens (including phenoxy) is 1. The van der Waals surface area contributed by atoms with Gasteiger partial charge in [-0.3, -0.25) is 0 Å². The number of sulfonamides is 1. The normalized spacial score (nSPS) is 16.2. The molecule has 7 heteroatoms. The molecule has 1 saturated carbocycles. The Morgan fingerprint density at radius 2 is 2.05 bits per heavy atom. The van der Waals surface area contributed by atoms with Gasteiger partial charge in [0.05, 0.1) is 13.0 Å². The molecule has 0 spiro atoms. The van der Waals surface area contributed by atoms with Crippen molar-refractivity contribution in [2.24, 2.45) is 0 Å². The maximum atomic E-state index is 12.7. The average molecular weight is 338 g/mol. The smallest absolute Gasteiger partial charge is 0.246 e. The van der Waals surface area contributed by atoms with Gasteiger partial charge in [-0.2, -0.15) is 4.31 Å². The van der Waals surface area contributed by atoms with Crippen LogP contribution < -0.4 is 4.74 Å². The van der Waals surface area contributed by atoms with E-state index < -0.39 is 10.0 Å². The van der Waals surface area contributed by atoms with E-state index in [0.717, 1.165) is 19.3 Å². The highest BCUT2D eigenvalue weighted by Crippen LogP contribution is 2.36. The van der Waals surface area contributed by atoms with E-state index in [-0.39, 0.29) is 22.6 Å². The fourth-order valence-corrected chi connectivity index (χ4v) is 4.39. The fourth-order valence-electron chi connectivity index (χ4n) is 2.25. The summed E-state index contributed by atoms with van der Waals surface area (Å²) in [5.74, 6) is 0.412. The molecule has 112 valence electrons. The van der Waals surface area contributed by atoms with Crippen LogP contribution in [0.2, 0.25) is 5.02 Å². The zero-order valence-corrected chi connectivity index (χ0v) is 13.7. The van der Waals surface area contributed by atoms with Gasteiger partial charge in [0.15, 0.2) is 0 Å². The van der Waals surface area contributed by atoms with Crippen LogP contribution in [0.1, 0.15) is 24.8 Å². The van der Waals surface area contributed by atoms with Crippen LogP contribution in [0.5, 0.6) is 5.75 Å². The number of nitrogens with zero attached hydrogens (tertiary/aromatic N) is 1. The van der Waals surface area contributed by atoms with Gasteiger partial charge in [0, 0.05) is 23.7 Å². The maximum absolute atomic E-state index is 12.7. The maximum Gasteiger partial charge on any atom is 0.246 e. The van der Waals surface area contributed by atoms with Crippen LogP contribution in [-0.2, 0) is 15.9 Å². The van der Waals surface area contributed by atoms with E-state index in [0.29, 0.717) is 10.6 Å². The van der Waals surface area contributed by atoms with Gasteiger partial charge < -0.3 is 4.74 Å². The van der Waals surface area contributed by atoms with E-state index in [2.05, 4.69) is 0 Å². The van der Waals surface area contributed by atoms with Gasteiger partial charge in [-0.15, -0.1) is 11.6 Å². The monoisotopic (exact) mass is 337 g/mol. The van der Waals surface area contributed by atoms with Gasteiger partial charge >= 0.3 is 0 Å². The number of hydrogen-bond acceptors (Lipinski definition) is 3. The molecule has 1 aliphatic rings. The van der Waals surface area contributed by atoms with Gasteiger partial charge in [-0.1, -0.05) is 18.0 Å². The molecule has 4 nitrogen and oxygen atoms in total. The molecule has 0 aliphatic heterocycles. The zero-order chi connectivity index (χ0) is 14.9. The average Bonchev–Trinajstić information content (AvgIpc) is 2.35. The molecule has 1 fully saturated rings. The summed E-state index contributed by atoms with van der Waals surface area (Å²) in [4.78, 5) is 0.0811. The number of alkyl halides is 1. The van der Waals surface area contributed by atoms with Gasteiger partial charge in [0.25, 0.3) is 0 Å². The Labute approximate surface area is 129 Å². The summed E-state index contributed by atoms with van der Waals surface area (Å²) < 4.78 is 32.1. The van der Waals surface area contributed by atoms with E-state index in [4.69, 9.17) is 27.9 Å². The highest BCUT2D eigenvalue weighted by atomic mass is 35.5. The molecule has 0 atom stereocenters. The third-order valence-electron chi connectivity index (χ3n) is 3.69. The molecule has 1 aromatic rings. The van der Waals surface area contributed by atoms with Crippen LogP contribution in [0.25, 0.3) is 0 Å². The zero-order valence-electron chi connectivity index (χ0n) is 11.4. The first kappa shape index (κ1) is 15.9. The Morgan fingerprint density at radius 3 is 2.50 bits per heavy atom. The summed E-state index contributed by atoms with van der Waals surface area (Å²) in [6.45, 7) is 0. The van der Waals surface area contributed by atoms with Crippen molar-refractivity contribution in [3.05, 3.63) is 22.7 Å². The van der Waals surface area contributed by atoms with Crippen molar-refractivity contribution >= 4 is 33.2 Å². The predicted molar refractivity (Wildman–Crippen MR) is 80.1 cm³/mol. The lowest BCUT2D eigenvalue weighted by atomic mass is 9.94. The van der Waals surface area contributed by atoms with Crippen LogP contribution in [0.15, 0.2) is 17.0 Å². The van der Waals surface area contributed by atoms with Gasteiger partial charge in [-0.25, -0.2) is 8.42 Å². The molecule has 1 aliphatic carbocycles. The van der Waals surface area contributed by atoms with E-state index in [1.54, 1.807) is 13.1 Å². The number of rotatable bonds is 5. The van der Waals surface area contributed by atoms with Gasteiger partial charge in [0.1, 0.15) is 10.6 Å². The van der Waals surface area contributed by atoms with E-state index >= 15 is 0 Å². The molecule has 0 unspecified atom stereocenters. The first-order valence-corrected chi connectivity index (χ1v) is 8.67. The molecule has 0 saturated heterocycles. The molecule has 2 rings (SSSR count). The molecule has 0 amide bonds. The van der Waals surface area contributed by atoms with Crippen molar-refractivity contribution in [2.75, 3.05) is 14.2 Å². The van der Waals surface area contributed by atoms with Crippen molar-refractivity contribution in [1.82, 2.24) is 4.31 Å². The van der Waals surface area contributed by atoms with Crippen LogP contribution in [0, 0.1) is 0 Å². The molecular weight excluding hydrogens is 321 g/mol. The van der Waals surface area contributed by atoms with Gasteiger partial charge in [0.2, 0.25) is 10.0 Å². The second-order valence-corrected chi connectivity index (χ2v) is 7.51. The minimum absolute atomic E-state index is 0.0585. The van der Waals surface area contributed by atoms with Crippen molar-refractivity contribution in [3.8, 4) is 5.75 Å². The second kappa shape index (κ2) is 6.10. The van der Waals surface area contributed by atoms with Gasteiger partial charge in [-0.05, 0) is 25.0 Å². The van der Waals surface area contributed by atoms with E-state index in [1.807, 2.05) is 0 Å². The molecule has 0 heterocycles. The summed E-state index contributed by atoms with van der Waals surface area (Å²) in [7, 11) is -0.602. The largest absolute Gasteiger partial charge is 0.495 e. The number of hydrogen-bond donors (Lipinski definition) is 0. The predicted octanol–water partition coefficient (Wildman–Crippen LogP) is 3.26. The van der Waals surface area contributed by atoms with E-state index in [9.17, 15) is 8.42 Å². The van der Waals surface area contributed by atoms with Crippen molar-refractivity contribution in [1.29, 1.82) is 0 Å². The molecule has 1 aromatic carbocycles. The van der Waals surface area contributed by atoms with Crippen LogP contribution in [0.3, 0.4) is 0 Å². The molecule has 0 bridgehead atoms. The van der Waals surface area contributed by atoms with Crippen LogP contribution in [-0.4, -0.2) is 32.9 Å². The summed E-state index contributed by atoms with van der Waals surface area (Å²) in [6.07, 6.45) is 2.84. The third kappa shape index (κ3) is 2.77. The molecule has 20 heavy (non-hydrogen) atoms. The number of methoxy groups -OCH3 is 1. The lowest BCUT2D eigenvalue weighted by Crippen LogP contribution is -2.41. The number of benzene rings is 1. The Balaban J connectivity index is 2.52. The quantitative estimate of drug-likeness (QED) is 0.774. The first-order chi connectivity index (χ1) is 9.41. The fraction of sp³-hybridized carbons (Fsp3) is 0.538. The lowest BCUT2D eigenvalue weighted by molar-refractivity contribution is 0.249. The van der Waals surface area contributed by atoms with Crippen molar-refractivity contribution in [2.45, 2.75) is 36.1 Å². The summed E-state index contributed by atoms with van der Waals surface area (Å²) >= 11 is 11.8. The summed E-state index contributed by atoms with van der Waals surface area (Å²) in [5, 5.41) is 0.335. The Bertz CT molecular complexity index is 600. The Kier molecular flexibility index (Phi) is 4.84. The Hall–Kier alpha value is -0.490. The lowest BCUT2D eigenvalue weighted by Gasteiger charge is -2.34. The standard InChI is InChI=1S/C13H17Cl2NO3S/c1-16(11-4-3-5-11)20(17,18)12-7-10(15)6-9(8-14)13(12)19-2/h6-7,11H,3-5,8H2,1-2H3. The molecular formula is C13H17Cl2NO3S. The first-order valence-electron chi connectivity index (χ1n) is 6.32. The minimum atomic E-state index is -3.63. The Morgan fingerprint density at radius 1 is 1.40 bits per heavy atom.